The number of hydrogen-bond acceptors (Lipinski definition) is 5. The molecule has 2 aromatic heterocycles. The topological polar surface area (TPSA) is 78.3 Å². The molecular weight excluding hydrogens is 392 g/mol. The normalized spacial score (nSPS) is 10.8. The van der Waals surface area contributed by atoms with Crippen LogP contribution in [0.3, 0.4) is 0 Å². The third-order valence-corrected chi connectivity index (χ3v) is 5.09. The molecule has 0 atom stereocenters. The van der Waals surface area contributed by atoms with E-state index in [0.29, 0.717) is 17.4 Å². The number of pyridine rings is 2. The van der Waals surface area contributed by atoms with Gasteiger partial charge in [-0.1, -0.05) is 36.4 Å². The van der Waals surface area contributed by atoms with Crippen molar-refractivity contribution in [2.45, 2.75) is 13.5 Å². The standard InChI is InChI=1S/C25H20N2O4/c1-16-8-7-9-17(26-16)14-27-15-21(24(29)20-12-5-6-13-22(20)27)23(28)18-10-3-4-11-19(18)25(30)31-2/h3-13,15H,14H2,1-2H3. The molecule has 0 unspecified atom stereocenters. The molecule has 0 bridgehead atoms. The molecule has 0 aliphatic carbocycles. The van der Waals surface area contributed by atoms with E-state index in [2.05, 4.69) is 4.98 Å². The van der Waals surface area contributed by atoms with Crippen LogP contribution in [0, 0.1) is 6.92 Å². The number of benzene rings is 2. The Balaban J connectivity index is 1.90. The minimum absolute atomic E-state index is 0.0114. The summed E-state index contributed by atoms with van der Waals surface area (Å²) >= 11 is 0. The quantitative estimate of drug-likeness (QED) is 0.368. The maximum atomic E-state index is 13.4. The summed E-state index contributed by atoms with van der Waals surface area (Å²) in [4.78, 5) is 43.2. The summed E-state index contributed by atoms with van der Waals surface area (Å²) in [5, 5.41) is 0.427. The van der Waals surface area contributed by atoms with Gasteiger partial charge in [0.05, 0.1) is 36.0 Å². The molecule has 0 radical (unpaired) electrons. The number of rotatable bonds is 5. The minimum atomic E-state index is -0.631. The number of para-hydroxylation sites is 1. The molecule has 0 saturated carbocycles. The zero-order valence-corrected chi connectivity index (χ0v) is 17.2. The van der Waals surface area contributed by atoms with E-state index >= 15 is 0 Å². The second-order valence-corrected chi connectivity index (χ2v) is 7.15. The SMILES string of the molecule is COC(=O)c1ccccc1C(=O)c1cn(Cc2cccc(C)n2)c2ccccc2c1=O. The van der Waals surface area contributed by atoms with E-state index in [0.717, 1.165) is 11.4 Å². The van der Waals surface area contributed by atoms with E-state index in [1.807, 2.05) is 41.8 Å². The van der Waals surface area contributed by atoms with Crippen LogP contribution in [0.5, 0.6) is 0 Å². The van der Waals surface area contributed by atoms with Crippen LogP contribution in [-0.4, -0.2) is 28.4 Å². The van der Waals surface area contributed by atoms with E-state index in [-0.39, 0.29) is 22.1 Å². The van der Waals surface area contributed by atoms with Crippen molar-refractivity contribution in [3.8, 4) is 0 Å². The lowest BCUT2D eigenvalue weighted by atomic mass is 9.98. The third-order valence-electron chi connectivity index (χ3n) is 5.09. The molecule has 0 fully saturated rings. The zero-order chi connectivity index (χ0) is 22.0. The van der Waals surface area contributed by atoms with Gasteiger partial charge in [-0.25, -0.2) is 4.79 Å². The number of carbonyl (C=O) groups is 2. The van der Waals surface area contributed by atoms with Crippen molar-refractivity contribution in [3.05, 3.63) is 111 Å². The Morgan fingerprint density at radius 3 is 2.35 bits per heavy atom. The second-order valence-electron chi connectivity index (χ2n) is 7.15. The zero-order valence-electron chi connectivity index (χ0n) is 17.2. The first-order valence-corrected chi connectivity index (χ1v) is 9.76. The molecule has 6 nitrogen and oxygen atoms in total. The molecular formula is C25H20N2O4. The fraction of sp³-hybridized carbons (Fsp3) is 0.120. The number of aryl methyl sites for hydroxylation is 1. The lowest BCUT2D eigenvalue weighted by molar-refractivity contribution is 0.0597. The van der Waals surface area contributed by atoms with E-state index in [9.17, 15) is 14.4 Å². The van der Waals surface area contributed by atoms with E-state index in [4.69, 9.17) is 4.74 Å². The number of ketones is 1. The first kappa shape index (κ1) is 20.2. The van der Waals surface area contributed by atoms with Gasteiger partial charge < -0.3 is 9.30 Å². The molecule has 0 spiro atoms. The molecule has 0 N–H and O–H groups in total. The van der Waals surface area contributed by atoms with Crippen molar-refractivity contribution >= 4 is 22.7 Å². The average molecular weight is 412 g/mol. The van der Waals surface area contributed by atoms with Gasteiger partial charge in [0.2, 0.25) is 5.43 Å². The lowest BCUT2D eigenvalue weighted by Crippen LogP contribution is -2.22. The van der Waals surface area contributed by atoms with Gasteiger partial charge in [0.15, 0.2) is 5.78 Å². The molecule has 2 aromatic carbocycles. The van der Waals surface area contributed by atoms with Crippen LogP contribution >= 0.6 is 0 Å². The summed E-state index contributed by atoms with van der Waals surface area (Å²) in [7, 11) is 1.25. The Hall–Kier alpha value is -4.06. The second kappa shape index (κ2) is 8.36. The van der Waals surface area contributed by atoms with E-state index in [1.54, 1.807) is 30.5 Å². The van der Waals surface area contributed by atoms with Crippen molar-refractivity contribution < 1.29 is 14.3 Å². The molecule has 0 aliphatic rings. The fourth-order valence-corrected chi connectivity index (χ4v) is 3.61. The van der Waals surface area contributed by atoms with Crippen LogP contribution in [0.25, 0.3) is 10.9 Å². The van der Waals surface area contributed by atoms with Crippen molar-refractivity contribution in [1.29, 1.82) is 0 Å². The fourth-order valence-electron chi connectivity index (χ4n) is 3.61. The Labute approximate surface area is 178 Å². The van der Waals surface area contributed by atoms with Crippen molar-refractivity contribution in [2.75, 3.05) is 7.11 Å². The smallest absolute Gasteiger partial charge is 0.338 e. The monoisotopic (exact) mass is 412 g/mol. The molecule has 6 heteroatoms. The Morgan fingerprint density at radius 2 is 1.61 bits per heavy atom. The van der Waals surface area contributed by atoms with Gasteiger partial charge in [-0.05, 0) is 37.3 Å². The highest BCUT2D eigenvalue weighted by Gasteiger charge is 2.22. The van der Waals surface area contributed by atoms with Gasteiger partial charge in [0.1, 0.15) is 0 Å². The Morgan fingerprint density at radius 1 is 0.903 bits per heavy atom. The molecule has 0 aliphatic heterocycles. The molecule has 4 rings (SSSR count). The maximum Gasteiger partial charge on any atom is 0.338 e. The maximum absolute atomic E-state index is 13.4. The summed E-state index contributed by atoms with van der Waals surface area (Å²) < 4.78 is 6.63. The van der Waals surface area contributed by atoms with Gasteiger partial charge in [-0.3, -0.25) is 14.6 Å². The Bertz CT molecular complexity index is 1370. The number of fused-ring (bicyclic) bond motifs is 1. The number of carbonyl (C=O) groups excluding carboxylic acids is 2. The summed E-state index contributed by atoms with van der Waals surface area (Å²) in [5.74, 6) is -1.16. The van der Waals surface area contributed by atoms with E-state index in [1.165, 1.54) is 19.2 Å². The molecule has 2 heterocycles. The summed E-state index contributed by atoms with van der Waals surface area (Å²) in [6.07, 6.45) is 1.55. The van der Waals surface area contributed by atoms with Crippen molar-refractivity contribution in [2.24, 2.45) is 0 Å². The predicted octanol–water partition coefficient (Wildman–Crippen LogP) is 3.77. The van der Waals surface area contributed by atoms with Gasteiger partial charge in [0, 0.05) is 22.8 Å². The predicted molar refractivity (Wildman–Crippen MR) is 117 cm³/mol. The van der Waals surface area contributed by atoms with Crippen molar-refractivity contribution in [3.63, 3.8) is 0 Å². The average Bonchev–Trinajstić information content (AvgIpc) is 2.80. The van der Waals surface area contributed by atoms with Gasteiger partial charge in [-0.15, -0.1) is 0 Å². The van der Waals surface area contributed by atoms with E-state index < -0.39 is 11.8 Å². The molecule has 0 saturated heterocycles. The first-order chi connectivity index (χ1) is 15.0. The van der Waals surface area contributed by atoms with Crippen LogP contribution < -0.4 is 5.43 Å². The third kappa shape index (κ3) is 3.88. The highest BCUT2D eigenvalue weighted by atomic mass is 16.5. The first-order valence-electron chi connectivity index (χ1n) is 9.76. The molecule has 31 heavy (non-hydrogen) atoms. The van der Waals surface area contributed by atoms with Crippen LogP contribution in [0.2, 0.25) is 0 Å². The van der Waals surface area contributed by atoms with Crippen LogP contribution in [0.4, 0.5) is 0 Å². The number of methoxy groups -OCH3 is 1. The lowest BCUT2D eigenvalue weighted by Gasteiger charge is -2.14. The number of ether oxygens (including phenoxy) is 1. The Kier molecular flexibility index (Phi) is 5.45. The largest absolute Gasteiger partial charge is 0.465 e. The highest BCUT2D eigenvalue weighted by Crippen LogP contribution is 2.18. The molecule has 0 amide bonds. The summed E-state index contributed by atoms with van der Waals surface area (Å²) in [5.41, 5.74) is 2.25. The van der Waals surface area contributed by atoms with Crippen LogP contribution in [0.1, 0.15) is 37.7 Å². The van der Waals surface area contributed by atoms with Crippen LogP contribution in [-0.2, 0) is 11.3 Å². The highest BCUT2D eigenvalue weighted by molar-refractivity contribution is 6.15. The van der Waals surface area contributed by atoms with Gasteiger partial charge in [-0.2, -0.15) is 0 Å². The summed E-state index contributed by atoms with van der Waals surface area (Å²) in [6.45, 7) is 2.30. The minimum Gasteiger partial charge on any atom is -0.465 e. The van der Waals surface area contributed by atoms with Gasteiger partial charge in [0.25, 0.3) is 0 Å². The summed E-state index contributed by atoms with van der Waals surface area (Å²) in [6, 6.07) is 19.2. The number of aromatic nitrogens is 2. The number of nitrogens with zero attached hydrogens (tertiary/aromatic N) is 2. The van der Waals surface area contributed by atoms with Crippen LogP contribution in [0.15, 0.2) is 77.7 Å². The molecule has 4 aromatic rings. The number of esters is 1. The van der Waals surface area contributed by atoms with Gasteiger partial charge >= 0.3 is 5.97 Å². The molecule has 154 valence electrons. The van der Waals surface area contributed by atoms with Crippen molar-refractivity contribution in [1.82, 2.24) is 9.55 Å². The number of hydrogen-bond donors (Lipinski definition) is 0.